The summed E-state index contributed by atoms with van der Waals surface area (Å²) in [5.74, 6) is 0. The highest BCUT2D eigenvalue weighted by Crippen LogP contribution is 2.02. The maximum atomic E-state index is 11.9. The SMILES string of the molecule is Cc1cc(C)n(CC(O)CF)n1. The van der Waals surface area contributed by atoms with Gasteiger partial charge in [-0.05, 0) is 19.9 Å². The van der Waals surface area contributed by atoms with Crippen molar-refractivity contribution in [3.05, 3.63) is 17.5 Å². The molecule has 0 saturated carbocycles. The van der Waals surface area contributed by atoms with Gasteiger partial charge in [0.25, 0.3) is 0 Å². The molecule has 0 aliphatic rings. The molecule has 1 heterocycles. The lowest BCUT2D eigenvalue weighted by Gasteiger charge is -2.07. The standard InChI is InChI=1S/C8H13FN2O/c1-6-3-7(2)11(10-6)5-8(12)4-9/h3,8,12H,4-5H2,1-2H3. The molecule has 68 valence electrons. The number of nitrogens with zero attached hydrogens (tertiary/aromatic N) is 2. The second-order valence-electron chi connectivity index (χ2n) is 2.92. The molecule has 0 aliphatic carbocycles. The van der Waals surface area contributed by atoms with E-state index in [9.17, 15) is 4.39 Å². The van der Waals surface area contributed by atoms with E-state index in [1.54, 1.807) is 4.68 Å². The van der Waals surface area contributed by atoms with Crippen LogP contribution in [0.2, 0.25) is 0 Å². The molecule has 1 rings (SSSR count). The number of rotatable bonds is 3. The second-order valence-corrected chi connectivity index (χ2v) is 2.92. The molecular formula is C8H13FN2O. The Hall–Kier alpha value is -0.900. The number of aromatic nitrogens is 2. The lowest BCUT2D eigenvalue weighted by Crippen LogP contribution is -2.19. The molecule has 4 heteroatoms. The van der Waals surface area contributed by atoms with E-state index in [0.717, 1.165) is 11.4 Å². The molecule has 0 aromatic carbocycles. The molecule has 1 aromatic rings. The third-order valence-electron chi connectivity index (χ3n) is 1.67. The fraction of sp³-hybridized carbons (Fsp3) is 0.625. The normalized spacial score (nSPS) is 13.3. The van der Waals surface area contributed by atoms with Crippen LogP contribution in [0.4, 0.5) is 4.39 Å². The van der Waals surface area contributed by atoms with E-state index in [2.05, 4.69) is 5.10 Å². The molecule has 0 aliphatic heterocycles. The minimum Gasteiger partial charge on any atom is -0.388 e. The summed E-state index contributed by atoms with van der Waals surface area (Å²) in [5.41, 5.74) is 1.83. The molecule has 0 bridgehead atoms. The Morgan fingerprint density at radius 2 is 2.33 bits per heavy atom. The molecule has 12 heavy (non-hydrogen) atoms. The van der Waals surface area contributed by atoms with Crippen LogP contribution < -0.4 is 0 Å². The number of hydrogen-bond acceptors (Lipinski definition) is 2. The van der Waals surface area contributed by atoms with Crippen LogP contribution in [0.1, 0.15) is 11.4 Å². The van der Waals surface area contributed by atoms with Crippen molar-refractivity contribution in [1.29, 1.82) is 0 Å². The van der Waals surface area contributed by atoms with Crippen LogP contribution in [0.3, 0.4) is 0 Å². The highest BCUT2D eigenvalue weighted by Gasteiger charge is 2.07. The van der Waals surface area contributed by atoms with E-state index in [1.807, 2.05) is 19.9 Å². The molecule has 1 N–H and O–H groups in total. The van der Waals surface area contributed by atoms with E-state index in [-0.39, 0.29) is 6.54 Å². The molecule has 0 spiro atoms. The summed E-state index contributed by atoms with van der Waals surface area (Å²) in [7, 11) is 0. The van der Waals surface area contributed by atoms with Gasteiger partial charge in [-0.3, -0.25) is 4.68 Å². The maximum Gasteiger partial charge on any atom is 0.117 e. The van der Waals surface area contributed by atoms with Gasteiger partial charge in [-0.15, -0.1) is 0 Å². The molecule has 0 radical (unpaired) electrons. The van der Waals surface area contributed by atoms with Gasteiger partial charge in [0.05, 0.1) is 12.2 Å². The van der Waals surface area contributed by atoms with Gasteiger partial charge < -0.3 is 5.11 Å². The number of alkyl halides is 1. The first kappa shape index (κ1) is 9.19. The van der Waals surface area contributed by atoms with Gasteiger partial charge in [0.2, 0.25) is 0 Å². The first-order valence-electron chi connectivity index (χ1n) is 3.88. The average Bonchev–Trinajstić information content (AvgIpc) is 2.30. The van der Waals surface area contributed by atoms with Gasteiger partial charge in [-0.1, -0.05) is 0 Å². The molecular weight excluding hydrogens is 159 g/mol. The summed E-state index contributed by atoms with van der Waals surface area (Å²) in [5, 5.41) is 13.1. The second kappa shape index (κ2) is 3.67. The Labute approximate surface area is 70.8 Å². The summed E-state index contributed by atoms with van der Waals surface area (Å²) in [4.78, 5) is 0. The van der Waals surface area contributed by atoms with E-state index in [4.69, 9.17) is 5.11 Å². The zero-order valence-corrected chi connectivity index (χ0v) is 7.29. The molecule has 0 fully saturated rings. The monoisotopic (exact) mass is 172 g/mol. The Bertz CT molecular complexity index is 260. The molecule has 1 unspecified atom stereocenters. The third kappa shape index (κ3) is 2.04. The third-order valence-corrected chi connectivity index (χ3v) is 1.67. The first-order chi connectivity index (χ1) is 5.63. The van der Waals surface area contributed by atoms with Crippen LogP contribution in [-0.2, 0) is 6.54 Å². The summed E-state index contributed by atoms with van der Waals surface area (Å²) < 4.78 is 13.5. The van der Waals surface area contributed by atoms with Crippen molar-refractivity contribution in [2.75, 3.05) is 6.67 Å². The average molecular weight is 172 g/mol. The molecule has 0 amide bonds. The molecule has 0 saturated heterocycles. The van der Waals surface area contributed by atoms with Crippen LogP contribution in [0.5, 0.6) is 0 Å². The molecule has 1 aromatic heterocycles. The van der Waals surface area contributed by atoms with E-state index in [0.29, 0.717) is 0 Å². The smallest absolute Gasteiger partial charge is 0.117 e. The van der Waals surface area contributed by atoms with Gasteiger partial charge in [-0.25, -0.2) is 4.39 Å². The number of aliphatic hydroxyl groups excluding tert-OH is 1. The van der Waals surface area contributed by atoms with Crippen LogP contribution in [0.25, 0.3) is 0 Å². The first-order valence-corrected chi connectivity index (χ1v) is 3.88. The summed E-state index contributed by atoms with van der Waals surface area (Å²) in [6.45, 7) is 3.25. The van der Waals surface area contributed by atoms with Gasteiger partial charge in [0, 0.05) is 5.69 Å². The quantitative estimate of drug-likeness (QED) is 0.733. The lowest BCUT2D eigenvalue weighted by atomic mass is 10.3. The van der Waals surface area contributed by atoms with Crippen LogP contribution >= 0.6 is 0 Å². The van der Waals surface area contributed by atoms with Crippen molar-refractivity contribution < 1.29 is 9.50 Å². The van der Waals surface area contributed by atoms with Crippen LogP contribution in [-0.4, -0.2) is 27.7 Å². The number of aryl methyl sites for hydroxylation is 2. The Balaban J connectivity index is 2.68. The number of halogens is 1. The zero-order valence-electron chi connectivity index (χ0n) is 7.29. The predicted octanol–water partition coefficient (Wildman–Crippen LogP) is 0.830. The van der Waals surface area contributed by atoms with Crippen molar-refractivity contribution in [2.45, 2.75) is 26.5 Å². The Morgan fingerprint density at radius 3 is 2.75 bits per heavy atom. The Kier molecular flexibility index (Phi) is 2.81. The van der Waals surface area contributed by atoms with Gasteiger partial charge >= 0.3 is 0 Å². The summed E-state index contributed by atoms with van der Waals surface area (Å²) in [6, 6.07) is 1.89. The van der Waals surface area contributed by atoms with Crippen LogP contribution in [0, 0.1) is 13.8 Å². The van der Waals surface area contributed by atoms with E-state index < -0.39 is 12.8 Å². The Morgan fingerprint density at radius 1 is 1.67 bits per heavy atom. The fourth-order valence-corrected chi connectivity index (χ4v) is 1.11. The van der Waals surface area contributed by atoms with Crippen molar-refractivity contribution >= 4 is 0 Å². The van der Waals surface area contributed by atoms with E-state index >= 15 is 0 Å². The van der Waals surface area contributed by atoms with Crippen molar-refractivity contribution in [1.82, 2.24) is 9.78 Å². The summed E-state index contributed by atoms with van der Waals surface area (Å²) in [6.07, 6.45) is -0.942. The summed E-state index contributed by atoms with van der Waals surface area (Å²) >= 11 is 0. The topological polar surface area (TPSA) is 38.0 Å². The number of hydrogen-bond donors (Lipinski definition) is 1. The highest BCUT2D eigenvalue weighted by atomic mass is 19.1. The minimum absolute atomic E-state index is 0.232. The van der Waals surface area contributed by atoms with E-state index in [1.165, 1.54) is 0 Å². The van der Waals surface area contributed by atoms with Gasteiger partial charge in [0.1, 0.15) is 12.8 Å². The van der Waals surface area contributed by atoms with Crippen molar-refractivity contribution in [3.63, 3.8) is 0 Å². The van der Waals surface area contributed by atoms with Crippen molar-refractivity contribution in [2.24, 2.45) is 0 Å². The fourth-order valence-electron chi connectivity index (χ4n) is 1.11. The lowest BCUT2D eigenvalue weighted by molar-refractivity contribution is 0.117. The number of aliphatic hydroxyl groups is 1. The van der Waals surface area contributed by atoms with Gasteiger partial charge in [0.15, 0.2) is 0 Å². The van der Waals surface area contributed by atoms with Crippen molar-refractivity contribution in [3.8, 4) is 0 Å². The van der Waals surface area contributed by atoms with Gasteiger partial charge in [-0.2, -0.15) is 5.10 Å². The predicted molar refractivity (Wildman–Crippen MR) is 43.7 cm³/mol. The molecule has 1 atom stereocenters. The van der Waals surface area contributed by atoms with Crippen LogP contribution in [0.15, 0.2) is 6.07 Å². The maximum absolute atomic E-state index is 11.9. The molecule has 3 nitrogen and oxygen atoms in total. The zero-order chi connectivity index (χ0) is 9.14. The minimum atomic E-state index is -0.942. The largest absolute Gasteiger partial charge is 0.388 e. The highest BCUT2D eigenvalue weighted by molar-refractivity contribution is 5.06.